The fraction of sp³-hybridized carbons (Fsp3) is 0.250. The molecule has 0 saturated carbocycles. The quantitative estimate of drug-likeness (QED) is 0.0852. The number of benzene rings is 6. The van der Waals surface area contributed by atoms with Gasteiger partial charge >= 0.3 is 7.82 Å². The highest BCUT2D eigenvalue weighted by Gasteiger charge is 2.51. The standard InChI is InChI=1S/C48H47O9P/c49-58(50,55-33-43-41-27-15-13-25-39(41)40-26-14-16-28-42(40)43)57-48-47(54-32-38-23-11-4-12-24-38)46(53-31-37-21-9-3-10-22-37)45(52-30-36-19-7-2-8-20-36)44(56-48)34-51-29-35-17-5-1-6-18-35/h1-28,43-48H,29-34H2,(H,49,50)/t44-,45-,46+,47-,48+/m1/s1. The molecule has 0 amide bonds. The first-order valence-corrected chi connectivity index (χ1v) is 21.1. The average molecular weight is 799 g/mol. The van der Waals surface area contributed by atoms with Crippen LogP contribution in [0.2, 0.25) is 0 Å². The van der Waals surface area contributed by atoms with Gasteiger partial charge in [0.25, 0.3) is 0 Å². The van der Waals surface area contributed by atoms with Crippen LogP contribution in [-0.2, 0) is 63.7 Å². The third-order valence-electron chi connectivity index (χ3n) is 10.4. The first-order valence-electron chi connectivity index (χ1n) is 19.6. The molecule has 9 nitrogen and oxygen atoms in total. The van der Waals surface area contributed by atoms with Gasteiger partial charge in [0.05, 0.1) is 39.6 Å². The van der Waals surface area contributed by atoms with Crippen LogP contribution >= 0.6 is 7.82 Å². The van der Waals surface area contributed by atoms with E-state index in [0.717, 1.165) is 44.5 Å². The van der Waals surface area contributed by atoms with Gasteiger partial charge in [-0.05, 0) is 44.5 Å². The molecule has 58 heavy (non-hydrogen) atoms. The summed E-state index contributed by atoms with van der Waals surface area (Å²) in [6.45, 7) is 0.888. The van der Waals surface area contributed by atoms with Crippen LogP contribution in [-0.4, -0.2) is 48.8 Å². The van der Waals surface area contributed by atoms with Crippen molar-refractivity contribution in [3.63, 3.8) is 0 Å². The first kappa shape index (κ1) is 40.0. The number of phosphoric ester groups is 1. The summed E-state index contributed by atoms with van der Waals surface area (Å²) in [5, 5.41) is 0. The Kier molecular flexibility index (Phi) is 13.3. The van der Waals surface area contributed by atoms with E-state index in [1.807, 2.05) is 158 Å². The smallest absolute Gasteiger partial charge is 0.374 e. The Morgan fingerprint density at radius 3 is 1.40 bits per heavy atom. The Bertz CT molecular complexity index is 2180. The molecule has 1 fully saturated rings. The minimum Gasteiger partial charge on any atom is -0.374 e. The summed E-state index contributed by atoms with van der Waals surface area (Å²) in [7, 11) is -4.80. The van der Waals surface area contributed by atoms with Crippen LogP contribution in [0, 0.1) is 0 Å². The number of hydrogen-bond donors (Lipinski definition) is 1. The maximum atomic E-state index is 14.1. The molecule has 298 valence electrons. The molecule has 1 saturated heterocycles. The van der Waals surface area contributed by atoms with Crippen molar-refractivity contribution in [2.24, 2.45) is 0 Å². The molecule has 10 heteroatoms. The zero-order chi connectivity index (χ0) is 39.6. The van der Waals surface area contributed by atoms with Gasteiger partial charge in [-0.1, -0.05) is 170 Å². The van der Waals surface area contributed by atoms with Gasteiger partial charge in [-0.15, -0.1) is 0 Å². The number of hydrogen-bond acceptors (Lipinski definition) is 8. The van der Waals surface area contributed by atoms with Crippen LogP contribution in [0.4, 0.5) is 0 Å². The van der Waals surface area contributed by atoms with Gasteiger partial charge in [-0.3, -0.25) is 9.05 Å². The van der Waals surface area contributed by atoms with Gasteiger partial charge in [0, 0.05) is 5.92 Å². The van der Waals surface area contributed by atoms with E-state index in [1.54, 1.807) is 0 Å². The normalized spacial score (nSPS) is 21.2. The minimum atomic E-state index is -4.80. The second-order valence-electron chi connectivity index (χ2n) is 14.4. The number of ether oxygens (including phenoxy) is 5. The fourth-order valence-electron chi connectivity index (χ4n) is 7.60. The van der Waals surface area contributed by atoms with Crippen molar-refractivity contribution in [3.8, 4) is 11.1 Å². The summed E-state index contributed by atoms with van der Waals surface area (Å²) in [6, 6.07) is 55.2. The molecule has 0 spiro atoms. The van der Waals surface area contributed by atoms with Crippen molar-refractivity contribution in [2.45, 2.75) is 63.1 Å². The molecule has 1 aliphatic carbocycles. The molecular formula is C48H47O9P. The zero-order valence-corrected chi connectivity index (χ0v) is 32.9. The number of fused-ring (bicyclic) bond motifs is 3. The predicted molar refractivity (Wildman–Crippen MR) is 220 cm³/mol. The summed E-state index contributed by atoms with van der Waals surface area (Å²) >= 11 is 0. The van der Waals surface area contributed by atoms with E-state index in [-0.39, 0.29) is 39.0 Å². The summed E-state index contributed by atoms with van der Waals surface area (Å²) < 4.78 is 59.0. The maximum Gasteiger partial charge on any atom is 0.474 e. The van der Waals surface area contributed by atoms with E-state index in [2.05, 4.69) is 12.1 Å². The van der Waals surface area contributed by atoms with Crippen molar-refractivity contribution >= 4 is 7.82 Å². The Hall–Kier alpha value is -4.77. The van der Waals surface area contributed by atoms with Gasteiger partial charge in [-0.2, -0.15) is 0 Å². The predicted octanol–water partition coefficient (Wildman–Crippen LogP) is 9.63. The van der Waals surface area contributed by atoms with E-state index >= 15 is 0 Å². The maximum absolute atomic E-state index is 14.1. The lowest BCUT2D eigenvalue weighted by Crippen LogP contribution is -2.61. The molecule has 1 heterocycles. The van der Waals surface area contributed by atoms with Gasteiger partial charge in [0.1, 0.15) is 24.4 Å². The second-order valence-corrected chi connectivity index (χ2v) is 15.8. The Morgan fingerprint density at radius 2 is 0.897 bits per heavy atom. The van der Waals surface area contributed by atoms with Crippen LogP contribution in [0.5, 0.6) is 0 Å². The third kappa shape index (κ3) is 10.1. The molecule has 1 N–H and O–H groups in total. The molecule has 6 atom stereocenters. The second kappa shape index (κ2) is 19.3. The van der Waals surface area contributed by atoms with Crippen LogP contribution < -0.4 is 0 Å². The monoisotopic (exact) mass is 798 g/mol. The van der Waals surface area contributed by atoms with Gasteiger partial charge < -0.3 is 28.6 Å². The molecule has 8 rings (SSSR count). The van der Waals surface area contributed by atoms with Crippen LogP contribution in [0.1, 0.15) is 39.3 Å². The average Bonchev–Trinajstić information content (AvgIpc) is 3.59. The highest BCUT2D eigenvalue weighted by molar-refractivity contribution is 7.47. The number of rotatable bonds is 18. The van der Waals surface area contributed by atoms with E-state index < -0.39 is 38.5 Å². The lowest BCUT2D eigenvalue weighted by molar-refractivity contribution is -0.312. The van der Waals surface area contributed by atoms with Crippen molar-refractivity contribution in [1.29, 1.82) is 0 Å². The summed E-state index contributed by atoms with van der Waals surface area (Å²) in [5.74, 6) is -0.272. The molecule has 1 unspecified atom stereocenters. The highest BCUT2D eigenvalue weighted by Crippen LogP contribution is 2.51. The van der Waals surface area contributed by atoms with Crippen molar-refractivity contribution in [1.82, 2.24) is 0 Å². The molecular weight excluding hydrogens is 751 g/mol. The largest absolute Gasteiger partial charge is 0.474 e. The minimum absolute atomic E-state index is 0.0665. The topological polar surface area (TPSA) is 102 Å². The molecule has 0 aromatic heterocycles. The van der Waals surface area contributed by atoms with Gasteiger partial charge in [0.15, 0.2) is 6.29 Å². The molecule has 2 aliphatic rings. The van der Waals surface area contributed by atoms with Crippen LogP contribution in [0.25, 0.3) is 11.1 Å². The Labute approximate surface area is 339 Å². The lowest BCUT2D eigenvalue weighted by atomic mass is 9.98. The first-order chi connectivity index (χ1) is 28.5. The molecule has 0 bridgehead atoms. The van der Waals surface area contributed by atoms with E-state index in [9.17, 15) is 9.46 Å². The molecule has 1 aliphatic heterocycles. The van der Waals surface area contributed by atoms with E-state index in [0.29, 0.717) is 6.61 Å². The Morgan fingerprint density at radius 1 is 0.483 bits per heavy atom. The lowest BCUT2D eigenvalue weighted by Gasteiger charge is -2.45. The molecule has 6 aromatic carbocycles. The molecule has 0 radical (unpaired) electrons. The van der Waals surface area contributed by atoms with E-state index in [1.165, 1.54) is 0 Å². The third-order valence-corrected chi connectivity index (χ3v) is 11.4. The van der Waals surface area contributed by atoms with Gasteiger partial charge in [0.2, 0.25) is 0 Å². The Balaban J connectivity index is 1.09. The number of phosphoric acid groups is 1. The summed E-state index contributed by atoms with van der Waals surface area (Å²) in [4.78, 5) is 11.5. The van der Waals surface area contributed by atoms with Crippen LogP contribution in [0.3, 0.4) is 0 Å². The summed E-state index contributed by atoms with van der Waals surface area (Å²) in [6.07, 6.45) is -4.84. The van der Waals surface area contributed by atoms with Gasteiger partial charge in [-0.25, -0.2) is 4.57 Å². The highest BCUT2D eigenvalue weighted by atomic mass is 31.2. The van der Waals surface area contributed by atoms with Crippen molar-refractivity contribution in [3.05, 3.63) is 203 Å². The van der Waals surface area contributed by atoms with Crippen molar-refractivity contribution < 1.29 is 42.2 Å². The fourth-order valence-corrected chi connectivity index (χ4v) is 8.43. The zero-order valence-electron chi connectivity index (χ0n) is 32.0. The van der Waals surface area contributed by atoms with Crippen LogP contribution in [0.15, 0.2) is 170 Å². The van der Waals surface area contributed by atoms with E-state index in [4.69, 9.17) is 32.7 Å². The summed E-state index contributed by atoms with van der Waals surface area (Å²) in [5.41, 5.74) is 7.94. The SMILES string of the molecule is O=P(O)(OCC1c2ccccc2-c2ccccc21)O[C@@H]1O[C@H](COCc2ccccc2)[C@@H](OCc2ccccc2)[C@H](OCc2ccccc2)[C@H]1OCc1ccccc1. The van der Waals surface area contributed by atoms with Crippen molar-refractivity contribution in [2.75, 3.05) is 13.2 Å². The molecule has 6 aromatic rings.